The van der Waals surface area contributed by atoms with Crippen molar-refractivity contribution in [3.63, 3.8) is 0 Å². The molecule has 2 aliphatic carbocycles. The first-order valence-corrected chi connectivity index (χ1v) is 14.4. The minimum atomic E-state index is -0.155. The fraction of sp³-hybridized carbons (Fsp3) is 0.387. The summed E-state index contributed by atoms with van der Waals surface area (Å²) in [5.41, 5.74) is 5.14. The highest BCUT2D eigenvalue weighted by atomic mass is 16.5. The maximum absolute atomic E-state index is 9.74. The zero-order valence-corrected chi connectivity index (χ0v) is 23.6. The summed E-state index contributed by atoms with van der Waals surface area (Å²) in [5, 5.41) is 23.5. The molecule has 9 rings (SSSR count). The van der Waals surface area contributed by atoms with E-state index in [1.54, 1.807) is 17.8 Å². The molecule has 2 unspecified atom stereocenters. The largest absolute Gasteiger partial charge is 0.491 e. The maximum atomic E-state index is 9.74. The van der Waals surface area contributed by atoms with E-state index in [1.165, 1.54) is 12.0 Å². The van der Waals surface area contributed by atoms with Crippen molar-refractivity contribution >= 4 is 24.6 Å². The second kappa shape index (κ2) is 8.95. The third kappa shape index (κ3) is 3.77. The lowest BCUT2D eigenvalue weighted by molar-refractivity contribution is -0.00874. The molecule has 11 heteroatoms. The van der Waals surface area contributed by atoms with Gasteiger partial charge in [-0.3, -0.25) is 4.90 Å². The lowest BCUT2D eigenvalue weighted by Crippen LogP contribution is -2.68. The van der Waals surface area contributed by atoms with E-state index in [4.69, 9.17) is 14.5 Å². The summed E-state index contributed by atoms with van der Waals surface area (Å²) < 4.78 is 13.2. The molecule has 4 aromatic rings. The van der Waals surface area contributed by atoms with E-state index in [-0.39, 0.29) is 10.8 Å². The maximum Gasteiger partial charge on any atom is 0.206 e. The minimum absolute atomic E-state index is 0.0250. The molecule has 42 heavy (non-hydrogen) atoms. The van der Waals surface area contributed by atoms with Gasteiger partial charge in [-0.2, -0.15) is 15.6 Å². The Bertz CT molecular complexity index is 1810. The first-order valence-electron chi connectivity index (χ1n) is 14.4. The highest BCUT2D eigenvalue weighted by molar-refractivity contribution is 6.34. The van der Waals surface area contributed by atoms with Crippen LogP contribution in [0.15, 0.2) is 49.1 Å². The second-order valence-corrected chi connectivity index (χ2v) is 12.4. The number of fused-ring (bicyclic) bond motifs is 4. The van der Waals surface area contributed by atoms with Crippen LogP contribution < -0.4 is 19.8 Å². The number of aromatic nitrogens is 4. The summed E-state index contributed by atoms with van der Waals surface area (Å²) in [5.74, 6) is 2.32. The third-order valence-electron chi connectivity index (χ3n) is 9.85. The number of nitrogens with zero attached hydrogens (tertiary/aromatic N) is 8. The smallest absolute Gasteiger partial charge is 0.206 e. The molecule has 7 heterocycles. The Hall–Kier alpha value is -4.61. The Balaban J connectivity index is 0.992. The summed E-state index contributed by atoms with van der Waals surface area (Å²) in [6.45, 7) is 3.29. The van der Waals surface area contributed by atoms with Gasteiger partial charge in [-0.05, 0) is 48.5 Å². The van der Waals surface area contributed by atoms with Crippen LogP contribution in [0.2, 0.25) is 0 Å². The van der Waals surface area contributed by atoms with Crippen molar-refractivity contribution < 1.29 is 9.47 Å². The molecular formula is C31H29BN8O2. The predicted octanol–water partition coefficient (Wildman–Crippen LogP) is 2.08. The van der Waals surface area contributed by atoms with Crippen LogP contribution in [-0.2, 0) is 6.54 Å². The van der Waals surface area contributed by atoms with Crippen molar-refractivity contribution in [1.29, 1.82) is 10.5 Å². The van der Waals surface area contributed by atoms with Gasteiger partial charge in [0.1, 0.15) is 25.5 Å². The van der Waals surface area contributed by atoms with Crippen LogP contribution in [0.3, 0.4) is 0 Å². The van der Waals surface area contributed by atoms with Crippen molar-refractivity contribution in [2.45, 2.75) is 37.9 Å². The number of anilines is 1. The molecule has 4 aromatic heterocycles. The molecule has 5 fully saturated rings. The van der Waals surface area contributed by atoms with E-state index >= 15 is 0 Å². The third-order valence-corrected chi connectivity index (χ3v) is 9.85. The quantitative estimate of drug-likeness (QED) is 0.301. The van der Waals surface area contributed by atoms with E-state index < -0.39 is 0 Å². The lowest BCUT2D eigenvalue weighted by Gasteiger charge is -2.56. The van der Waals surface area contributed by atoms with Crippen LogP contribution in [0.5, 0.6) is 11.6 Å². The van der Waals surface area contributed by atoms with Crippen molar-refractivity contribution in [1.82, 2.24) is 24.5 Å². The fourth-order valence-electron chi connectivity index (χ4n) is 7.15. The van der Waals surface area contributed by atoms with Gasteiger partial charge >= 0.3 is 0 Å². The van der Waals surface area contributed by atoms with Gasteiger partial charge in [-0.25, -0.2) is 14.5 Å². The Morgan fingerprint density at radius 3 is 2.60 bits per heavy atom. The molecule has 0 spiro atoms. The molecule has 2 bridgehead atoms. The number of nitriles is 2. The van der Waals surface area contributed by atoms with Crippen molar-refractivity contribution in [2.75, 3.05) is 31.7 Å². The van der Waals surface area contributed by atoms with E-state index in [1.807, 2.05) is 32.5 Å². The molecule has 10 nitrogen and oxygen atoms in total. The Kier molecular flexibility index (Phi) is 5.35. The molecular weight excluding hydrogens is 527 g/mol. The number of pyridine rings is 3. The highest BCUT2D eigenvalue weighted by Crippen LogP contribution is 2.85. The average molecular weight is 556 g/mol. The lowest BCUT2D eigenvalue weighted by atomic mass is 9.86. The van der Waals surface area contributed by atoms with Crippen molar-refractivity contribution in [2.24, 2.45) is 10.8 Å². The predicted molar refractivity (Wildman–Crippen MR) is 157 cm³/mol. The monoisotopic (exact) mass is 556 g/mol. The van der Waals surface area contributed by atoms with Crippen LogP contribution in [0.25, 0.3) is 16.6 Å². The second-order valence-electron chi connectivity index (χ2n) is 12.4. The van der Waals surface area contributed by atoms with Gasteiger partial charge in [0, 0.05) is 60.7 Å². The summed E-state index contributed by atoms with van der Waals surface area (Å²) in [6.07, 6.45) is 10.2. The van der Waals surface area contributed by atoms with Gasteiger partial charge < -0.3 is 14.4 Å². The van der Waals surface area contributed by atoms with E-state index in [9.17, 15) is 10.5 Å². The molecule has 208 valence electrons. The Morgan fingerprint density at radius 2 is 1.93 bits per heavy atom. The number of piperazine rings is 1. The summed E-state index contributed by atoms with van der Waals surface area (Å²) >= 11 is 0. The summed E-state index contributed by atoms with van der Waals surface area (Å²) in [7, 11) is 3.69. The number of piperidine rings is 1. The van der Waals surface area contributed by atoms with E-state index in [0.717, 1.165) is 60.4 Å². The molecule has 2 saturated carbocycles. The molecule has 2 atom stereocenters. The normalized spacial score (nSPS) is 27.0. The highest BCUT2D eigenvalue weighted by Gasteiger charge is 2.84. The zero-order valence-electron chi connectivity index (χ0n) is 23.6. The minimum Gasteiger partial charge on any atom is -0.491 e. The zero-order chi connectivity index (χ0) is 28.6. The van der Waals surface area contributed by atoms with Crippen LogP contribution in [-0.4, -0.2) is 71.2 Å². The molecule has 0 amide bonds. The van der Waals surface area contributed by atoms with Crippen LogP contribution in [0, 0.1) is 33.5 Å². The molecule has 3 saturated heterocycles. The number of rotatable bonds is 8. The van der Waals surface area contributed by atoms with Gasteiger partial charge in [-0.1, -0.05) is 6.07 Å². The van der Waals surface area contributed by atoms with Gasteiger partial charge in [0.15, 0.2) is 0 Å². The molecule has 0 aromatic carbocycles. The Labute approximate surface area is 244 Å². The molecule has 0 radical (unpaired) electrons. The first kappa shape index (κ1) is 25.1. The van der Waals surface area contributed by atoms with Gasteiger partial charge in [0.2, 0.25) is 5.88 Å². The topological polar surface area (TPSA) is 116 Å². The molecule has 3 aliphatic heterocycles. The first-order chi connectivity index (χ1) is 20.4. The summed E-state index contributed by atoms with van der Waals surface area (Å²) in [4.78, 5) is 14.3. The van der Waals surface area contributed by atoms with Crippen molar-refractivity contribution in [3.05, 3.63) is 60.2 Å². The number of hydrogen-bond donors (Lipinski definition) is 0. The van der Waals surface area contributed by atoms with Gasteiger partial charge in [0.25, 0.3) is 0 Å². The van der Waals surface area contributed by atoms with Crippen LogP contribution in [0.1, 0.15) is 30.4 Å². The van der Waals surface area contributed by atoms with Crippen LogP contribution in [0.4, 0.5) is 5.82 Å². The van der Waals surface area contributed by atoms with E-state index in [2.05, 4.69) is 50.2 Å². The van der Waals surface area contributed by atoms with Crippen LogP contribution >= 0.6 is 0 Å². The number of methoxy groups -OCH3 is 1. The average Bonchev–Trinajstić information content (AvgIpc) is 3.78. The standard InChI is InChI=1S/C31H29BN8O2/c1-41-29-26(32)4-19(8-36-29)11-39-22-5-23(39)13-38(12-22)27-3-2-20(9-35-27)25-6-24(14-40-28(25)21(7-33)10-37-40)42-18-31-15-30(31,16-31)17-34/h2-4,6,8-10,14,22-23H,5,11-13,15-16,18,32H2,1H3. The molecule has 5 aliphatic rings. The molecule has 0 N–H and O–H groups in total. The summed E-state index contributed by atoms with van der Waals surface area (Å²) in [6, 6.07) is 14.0. The Morgan fingerprint density at radius 1 is 1.10 bits per heavy atom. The van der Waals surface area contributed by atoms with E-state index in [0.29, 0.717) is 35.9 Å². The van der Waals surface area contributed by atoms with Gasteiger partial charge in [-0.15, -0.1) is 0 Å². The van der Waals surface area contributed by atoms with Crippen molar-refractivity contribution in [3.8, 4) is 34.9 Å². The SMILES string of the molecule is Bc1cc(CN2C3CC2CN(c2ccc(-c4cc(OCC56CC5(C#N)C6)cn5ncc(C#N)c45)cn2)C3)cnc1OC. The number of ether oxygens (including phenoxy) is 2. The number of hydrogen-bond acceptors (Lipinski definition) is 9. The van der Waals surface area contributed by atoms with Gasteiger partial charge in [0.05, 0.1) is 48.7 Å². The fourth-order valence-corrected chi connectivity index (χ4v) is 7.15.